The van der Waals surface area contributed by atoms with Gasteiger partial charge in [0, 0.05) is 6.61 Å². The number of hydrogen-bond acceptors (Lipinski definition) is 3. The Balaban J connectivity index is 1.94. The van der Waals surface area contributed by atoms with Crippen LogP contribution in [0.25, 0.3) is 0 Å². The molecular formula is C18H29NO2. The third-order valence-electron chi connectivity index (χ3n) is 4.97. The fraction of sp³-hybridized carbons (Fsp3) is 0.667. The Kier molecular flexibility index (Phi) is 6.22. The number of aliphatic hydroxyl groups excluding tert-OH is 1. The van der Waals surface area contributed by atoms with E-state index >= 15 is 0 Å². The van der Waals surface area contributed by atoms with Crippen LogP contribution in [0.15, 0.2) is 30.3 Å². The lowest BCUT2D eigenvalue weighted by Gasteiger charge is -2.34. The van der Waals surface area contributed by atoms with Crippen molar-refractivity contribution in [2.24, 2.45) is 5.92 Å². The zero-order chi connectivity index (χ0) is 15.1. The zero-order valence-corrected chi connectivity index (χ0v) is 13.3. The number of hydrogen-bond donors (Lipinski definition) is 2. The van der Waals surface area contributed by atoms with Crippen LogP contribution in [0, 0.1) is 5.92 Å². The summed E-state index contributed by atoms with van der Waals surface area (Å²) in [5.41, 5.74) is 0.717. The van der Waals surface area contributed by atoms with Gasteiger partial charge in [-0.25, -0.2) is 0 Å². The highest BCUT2D eigenvalue weighted by molar-refractivity contribution is 5.24. The Labute approximate surface area is 128 Å². The van der Waals surface area contributed by atoms with Crippen LogP contribution in [-0.2, 0) is 10.3 Å². The average Bonchev–Trinajstić information content (AvgIpc) is 2.54. The molecule has 0 saturated heterocycles. The van der Waals surface area contributed by atoms with Gasteiger partial charge in [-0.1, -0.05) is 50.1 Å². The van der Waals surface area contributed by atoms with Gasteiger partial charge in [0.15, 0.2) is 0 Å². The third-order valence-corrected chi connectivity index (χ3v) is 4.97. The van der Waals surface area contributed by atoms with E-state index in [1.807, 2.05) is 25.2 Å². The molecule has 1 saturated carbocycles. The van der Waals surface area contributed by atoms with E-state index in [2.05, 4.69) is 24.4 Å². The van der Waals surface area contributed by atoms with E-state index < -0.39 is 5.54 Å². The second-order valence-electron chi connectivity index (χ2n) is 6.28. The quantitative estimate of drug-likeness (QED) is 0.811. The van der Waals surface area contributed by atoms with Gasteiger partial charge < -0.3 is 15.2 Å². The fourth-order valence-corrected chi connectivity index (χ4v) is 3.33. The molecule has 1 fully saturated rings. The fourth-order valence-electron chi connectivity index (χ4n) is 3.33. The lowest BCUT2D eigenvalue weighted by Crippen LogP contribution is -2.45. The Bertz CT molecular complexity index is 403. The van der Waals surface area contributed by atoms with E-state index in [-0.39, 0.29) is 6.61 Å². The minimum absolute atomic E-state index is 0.0804. The Morgan fingerprint density at radius 1 is 1.24 bits per heavy atom. The Morgan fingerprint density at radius 3 is 2.57 bits per heavy atom. The summed E-state index contributed by atoms with van der Waals surface area (Å²) in [6.45, 7) is 3.06. The Hall–Kier alpha value is -0.900. The predicted molar refractivity (Wildman–Crippen MR) is 86.3 cm³/mol. The zero-order valence-electron chi connectivity index (χ0n) is 13.3. The molecule has 0 radical (unpaired) electrons. The first kappa shape index (κ1) is 16.5. The maximum absolute atomic E-state index is 9.90. The summed E-state index contributed by atoms with van der Waals surface area (Å²) in [6, 6.07) is 10.2. The van der Waals surface area contributed by atoms with Gasteiger partial charge >= 0.3 is 0 Å². The van der Waals surface area contributed by atoms with Crippen LogP contribution < -0.4 is 5.32 Å². The lowest BCUT2D eigenvalue weighted by molar-refractivity contribution is -0.0187. The van der Waals surface area contributed by atoms with Crippen LogP contribution in [0.4, 0.5) is 0 Å². The summed E-state index contributed by atoms with van der Waals surface area (Å²) < 4.78 is 6.12. The minimum Gasteiger partial charge on any atom is -0.394 e. The normalized spacial score (nSPS) is 25.5. The molecule has 0 aromatic heterocycles. The summed E-state index contributed by atoms with van der Waals surface area (Å²) in [4.78, 5) is 0. The van der Waals surface area contributed by atoms with Gasteiger partial charge in [0.05, 0.1) is 18.2 Å². The Morgan fingerprint density at radius 2 is 1.95 bits per heavy atom. The van der Waals surface area contributed by atoms with Gasteiger partial charge in [-0.15, -0.1) is 0 Å². The summed E-state index contributed by atoms with van der Waals surface area (Å²) >= 11 is 0. The summed E-state index contributed by atoms with van der Waals surface area (Å²) in [5.74, 6) is 0.661. The van der Waals surface area contributed by atoms with E-state index in [4.69, 9.17) is 4.74 Å². The standard InChI is InChI=1S/C18H29NO2/c1-15-8-6-7-11-17(15)21-13-12-18(14-20,19-2)16-9-4-3-5-10-16/h3-5,9-10,15,17,19-20H,6-8,11-14H2,1-2H3. The second kappa shape index (κ2) is 7.92. The highest BCUT2D eigenvalue weighted by atomic mass is 16.5. The van der Waals surface area contributed by atoms with Crippen LogP contribution in [0.5, 0.6) is 0 Å². The van der Waals surface area contributed by atoms with Crippen LogP contribution in [0.3, 0.4) is 0 Å². The van der Waals surface area contributed by atoms with Gasteiger partial charge in [-0.2, -0.15) is 0 Å². The molecule has 1 aliphatic carbocycles. The molecule has 2 rings (SSSR count). The van der Waals surface area contributed by atoms with Gasteiger partial charge in [-0.3, -0.25) is 0 Å². The molecule has 3 unspecified atom stereocenters. The van der Waals surface area contributed by atoms with Gasteiger partial charge in [0.25, 0.3) is 0 Å². The monoisotopic (exact) mass is 291 g/mol. The smallest absolute Gasteiger partial charge is 0.0688 e. The van der Waals surface area contributed by atoms with Crippen molar-refractivity contribution in [2.45, 2.75) is 50.7 Å². The van der Waals surface area contributed by atoms with Crippen LogP contribution in [-0.4, -0.2) is 31.5 Å². The average molecular weight is 291 g/mol. The van der Waals surface area contributed by atoms with Crippen molar-refractivity contribution < 1.29 is 9.84 Å². The van der Waals surface area contributed by atoms with Crippen molar-refractivity contribution in [1.82, 2.24) is 5.32 Å². The molecule has 3 nitrogen and oxygen atoms in total. The first-order valence-corrected chi connectivity index (χ1v) is 8.19. The number of aliphatic hydroxyl groups is 1. The molecule has 1 aromatic rings. The summed E-state index contributed by atoms with van der Waals surface area (Å²) in [7, 11) is 1.91. The molecule has 3 heteroatoms. The van der Waals surface area contributed by atoms with Crippen molar-refractivity contribution in [3.8, 4) is 0 Å². The molecule has 21 heavy (non-hydrogen) atoms. The molecular weight excluding hydrogens is 262 g/mol. The van der Waals surface area contributed by atoms with E-state index in [0.717, 1.165) is 12.0 Å². The highest BCUT2D eigenvalue weighted by Crippen LogP contribution is 2.28. The first-order valence-electron chi connectivity index (χ1n) is 8.19. The van der Waals surface area contributed by atoms with Crippen molar-refractivity contribution >= 4 is 0 Å². The molecule has 1 aliphatic rings. The highest BCUT2D eigenvalue weighted by Gasteiger charge is 2.30. The predicted octanol–water partition coefficient (Wildman–Crippen LogP) is 3.08. The molecule has 0 spiro atoms. The minimum atomic E-state index is -0.404. The van der Waals surface area contributed by atoms with Gasteiger partial charge in [0.1, 0.15) is 0 Å². The van der Waals surface area contributed by atoms with Crippen molar-refractivity contribution in [1.29, 1.82) is 0 Å². The number of rotatable bonds is 7. The number of ether oxygens (including phenoxy) is 1. The third kappa shape index (κ3) is 4.06. The van der Waals surface area contributed by atoms with Gasteiger partial charge in [-0.05, 0) is 37.8 Å². The van der Waals surface area contributed by atoms with E-state index in [9.17, 15) is 5.11 Å². The van der Waals surface area contributed by atoms with Crippen LogP contribution >= 0.6 is 0 Å². The molecule has 0 bridgehead atoms. The van der Waals surface area contributed by atoms with Gasteiger partial charge in [0.2, 0.25) is 0 Å². The maximum Gasteiger partial charge on any atom is 0.0688 e. The lowest BCUT2D eigenvalue weighted by atomic mass is 9.86. The first-order chi connectivity index (χ1) is 10.2. The number of benzene rings is 1. The topological polar surface area (TPSA) is 41.5 Å². The largest absolute Gasteiger partial charge is 0.394 e. The van der Waals surface area contributed by atoms with Crippen LogP contribution in [0.1, 0.15) is 44.6 Å². The maximum atomic E-state index is 9.90. The van der Waals surface area contributed by atoms with E-state index in [0.29, 0.717) is 18.6 Å². The molecule has 0 amide bonds. The van der Waals surface area contributed by atoms with E-state index in [1.165, 1.54) is 25.7 Å². The molecule has 1 aromatic carbocycles. The van der Waals surface area contributed by atoms with Crippen molar-refractivity contribution in [3.63, 3.8) is 0 Å². The second-order valence-corrected chi connectivity index (χ2v) is 6.28. The number of nitrogens with one attached hydrogen (secondary N) is 1. The molecule has 3 atom stereocenters. The SMILES string of the molecule is CNC(CO)(CCOC1CCCCC1C)c1ccccc1. The summed E-state index contributed by atoms with van der Waals surface area (Å²) in [5, 5.41) is 13.2. The summed E-state index contributed by atoms with van der Waals surface area (Å²) in [6.07, 6.45) is 6.25. The van der Waals surface area contributed by atoms with Crippen molar-refractivity contribution in [2.75, 3.05) is 20.3 Å². The van der Waals surface area contributed by atoms with Crippen LogP contribution in [0.2, 0.25) is 0 Å². The number of likely N-dealkylation sites (N-methyl/N-ethyl adjacent to an activating group) is 1. The van der Waals surface area contributed by atoms with E-state index in [1.54, 1.807) is 0 Å². The molecule has 0 aliphatic heterocycles. The molecule has 118 valence electrons. The van der Waals surface area contributed by atoms with Crippen molar-refractivity contribution in [3.05, 3.63) is 35.9 Å². The molecule has 2 N–H and O–H groups in total. The molecule has 0 heterocycles.